The number of rotatable bonds is 8. The van der Waals surface area contributed by atoms with Gasteiger partial charge in [0.2, 0.25) is 5.89 Å². The average Bonchev–Trinajstić information content (AvgIpc) is 3.11. The number of esters is 1. The first-order valence-corrected chi connectivity index (χ1v) is 8.79. The zero-order chi connectivity index (χ0) is 20.8. The highest BCUT2D eigenvalue weighted by molar-refractivity contribution is 5.97. The Balaban J connectivity index is 2.13. The van der Waals surface area contributed by atoms with E-state index >= 15 is 0 Å². The fourth-order valence-corrected chi connectivity index (χ4v) is 2.43. The number of hydrogen-bond donors (Lipinski definition) is 1. The van der Waals surface area contributed by atoms with Crippen LogP contribution >= 0.6 is 0 Å². The van der Waals surface area contributed by atoms with Crippen molar-refractivity contribution in [2.45, 2.75) is 39.8 Å². The second-order valence-electron chi connectivity index (χ2n) is 6.53. The highest BCUT2D eigenvalue weighted by atomic mass is 16.6. The van der Waals surface area contributed by atoms with Gasteiger partial charge in [0.15, 0.2) is 6.10 Å². The minimum atomic E-state index is -0.865. The van der Waals surface area contributed by atoms with Gasteiger partial charge in [-0.3, -0.25) is 4.79 Å². The summed E-state index contributed by atoms with van der Waals surface area (Å²) in [5.74, 6) is 0.245. The Kier molecular flexibility index (Phi) is 6.97. The summed E-state index contributed by atoms with van der Waals surface area (Å²) < 4.78 is 21.0. The maximum atomic E-state index is 12.7. The van der Waals surface area contributed by atoms with Gasteiger partial charge in [-0.1, -0.05) is 13.8 Å². The van der Waals surface area contributed by atoms with E-state index in [0.717, 1.165) is 0 Å². The third-order valence-electron chi connectivity index (χ3n) is 4.00. The summed E-state index contributed by atoms with van der Waals surface area (Å²) in [5.41, 5.74) is 0.301. The summed E-state index contributed by atoms with van der Waals surface area (Å²) in [6, 6.07) is 3.91. The van der Waals surface area contributed by atoms with Crippen LogP contribution in [0.3, 0.4) is 0 Å². The van der Waals surface area contributed by atoms with E-state index < -0.39 is 24.0 Å². The first-order valence-electron chi connectivity index (χ1n) is 8.79. The molecule has 9 nitrogen and oxygen atoms in total. The molecule has 1 amide bonds. The van der Waals surface area contributed by atoms with E-state index in [1.54, 1.807) is 45.9 Å². The lowest BCUT2D eigenvalue weighted by Gasteiger charge is -2.22. The Morgan fingerprint density at radius 1 is 1.04 bits per heavy atom. The van der Waals surface area contributed by atoms with E-state index in [0.29, 0.717) is 23.0 Å². The zero-order valence-electron chi connectivity index (χ0n) is 16.8. The zero-order valence-corrected chi connectivity index (χ0v) is 16.8. The molecule has 0 aliphatic rings. The highest BCUT2D eigenvalue weighted by Crippen LogP contribution is 2.23. The molecule has 0 bridgehead atoms. The van der Waals surface area contributed by atoms with Crippen LogP contribution in [0.15, 0.2) is 22.6 Å². The average molecular weight is 391 g/mol. The van der Waals surface area contributed by atoms with Gasteiger partial charge in [-0.25, -0.2) is 4.79 Å². The number of amides is 1. The Labute approximate surface area is 163 Å². The van der Waals surface area contributed by atoms with Crippen LogP contribution in [-0.2, 0) is 9.53 Å². The third-order valence-corrected chi connectivity index (χ3v) is 4.00. The number of carbonyl (C=O) groups excluding carboxylic acids is 2. The highest BCUT2D eigenvalue weighted by Gasteiger charge is 2.29. The van der Waals surface area contributed by atoms with Crippen LogP contribution in [0, 0.1) is 12.8 Å². The molecule has 0 aliphatic heterocycles. The van der Waals surface area contributed by atoms with Crippen molar-refractivity contribution in [3.05, 3.63) is 35.5 Å². The number of carbonyl (C=O) groups is 2. The second-order valence-corrected chi connectivity index (χ2v) is 6.53. The molecule has 9 heteroatoms. The Bertz CT molecular complexity index is 811. The minimum absolute atomic E-state index is 0.192. The number of hydrogen-bond acceptors (Lipinski definition) is 8. The van der Waals surface area contributed by atoms with Crippen molar-refractivity contribution < 1.29 is 28.2 Å². The van der Waals surface area contributed by atoms with Crippen LogP contribution in [0.1, 0.15) is 49.0 Å². The van der Waals surface area contributed by atoms with E-state index in [1.807, 2.05) is 0 Å². The number of nitrogens with one attached hydrogen (secondary N) is 1. The standard InChI is InChI=1S/C19H25N3O6/c1-10(2)16(19(24)27-11(3)18-22-21-12(4)28-18)20-17(23)13-7-14(25-5)9-15(8-13)26-6/h7-11,16H,1-6H3,(H,20,23)/t11?,16-/m0/s1. The molecule has 28 heavy (non-hydrogen) atoms. The van der Waals surface area contributed by atoms with Crippen LogP contribution in [-0.4, -0.2) is 42.3 Å². The van der Waals surface area contributed by atoms with E-state index in [4.69, 9.17) is 18.6 Å². The Morgan fingerprint density at radius 2 is 1.64 bits per heavy atom. The SMILES string of the molecule is COc1cc(OC)cc(C(=O)N[C@H](C(=O)OC(C)c2nnc(C)o2)C(C)C)c1. The van der Waals surface area contributed by atoms with Gasteiger partial charge in [-0.15, -0.1) is 10.2 Å². The van der Waals surface area contributed by atoms with Crippen molar-refractivity contribution in [3.8, 4) is 11.5 Å². The van der Waals surface area contributed by atoms with Gasteiger partial charge in [0.1, 0.15) is 17.5 Å². The normalized spacial score (nSPS) is 13.0. The molecule has 1 unspecified atom stereocenters. The third kappa shape index (κ3) is 5.21. The van der Waals surface area contributed by atoms with Gasteiger partial charge in [0, 0.05) is 18.6 Å². The summed E-state index contributed by atoms with van der Waals surface area (Å²) in [6.07, 6.45) is -0.733. The predicted molar refractivity (Wildman–Crippen MR) is 99.2 cm³/mol. The Morgan fingerprint density at radius 3 is 2.11 bits per heavy atom. The largest absolute Gasteiger partial charge is 0.497 e. The van der Waals surface area contributed by atoms with Crippen LogP contribution in [0.5, 0.6) is 11.5 Å². The van der Waals surface area contributed by atoms with Crippen molar-refractivity contribution in [2.75, 3.05) is 14.2 Å². The van der Waals surface area contributed by atoms with Gasteiger partial charge in [0.05, 0.1) is 14.2 Å². The van der Waals surface area contributed by atoms with E-state index in [9.17, 15) is 9.59 Å². The summed E-state index contributed by atoms with van der Waals surface area (Å²) in [6.45, 7) is 6.88. The Hall–Kier alpha value is -3.10. The van der Waals surface area contributed by atoms with Gasteiger partial charge >= 0.3 is 5.97 Å². The minimum Gasteiger partial charge on any atom is -0.497 e. The second kappa shape index (κ2) is 9.20. The maximum Gasteiger partial charge on any atom is 0.329 e. The molecule has 2 rings (SSSR count). The first-order chi connectivity index (χ1) is 13.2. The quantitative estimate of drug-likeness (QED) is 0.683. The number of nitrogens with zero attached hydrogens (tertiary/aromatic N) is 2. The fourth-order valence-electron chi connectivity index (χ4n) is 2.43. The predicted octanol–water partition coefficient (Wildman–Crippen LogP) is 2.45. The first kappa shape index (κ1) is 21.2. The number of ether oxygens (including phenoxy) is 3. The number of aryl methyl sites for hydroxylation is 1. The van der Waals surface area contributed by atoms with E-state index in [-0.39, 0.29) is 11.8 Å². The van der Waals surface area contributed by atoms with E-state index in [1.165, 1.54) is 14.2 Å². The van der Waals surface area contributed by atoms with E-state index in [2.05, 4.69) is 15.5 Å². The molecule has 1 aromatic heterocycles. The molecule has 0 saturated carbocycles. The molecule has 1 N–H and O–H groups in total. The summed E-state index contributed by atoms with van der Waals surface area (Å²) in [4.78, 5) is 25.3. The van der Waals surface area contributed by atoms with Crippen LogP contribution < -0.4 is 14.8 Å². The molecule has 0 fully saturated rings. The molecule has 0 saturated heterocycles. The van der Waals surface area contributed by atoms with Crippen molar-refractivity contribution in [1.82, 2.24) is 15.5 Å². The smallest absolute Gasteiger partial charge is 0.329 e. The monoisotopic (exact) mass is 391 g/mol. The molecule has 0 aliphatic carbocycles. The number of aromatic nitrogens is 2. The van der Waals surface area contributed by atoms with Gasteiger partial charge in [0.25, 0.3) is 11.8 Å². The molecular weight excluding hydrogens is 366 g/mol. The van der Waals surface area contributed by atoms with Crippen LogP contribution in [0.4, 0.5) is 0 Å². The lowest BCUT2D eigenvalue weighted by atomic mass is 10.0. The van der Waals surface area contributed by atoms with Crippen molar-refractivity contribution in [2.24, 2.45) is 5.92 Å². The van der Waals surface area contributed by atoms with Crippen molar-refractivity contribution in [1.29, 1.82) is 0 Å². The number of benzene rings is 1. The molecule has 0 spiro atoms. The van der Waals surface area contributed by atoms with Crippen LogP contribution in [0.25, 0.3) is 0 Å². The summed E-state index contributed by atoms with van der Waals surface area (Å²) in [7, 11) is 2.98. The lowest BCUT2D eigenvalue weighted by Crippen LogP contribution is -2.45. The maximum absolute atomic E-state index is 12.7. The van der Waals surface area contributed by atoms with Crippen LogP contribution in [0.2, 0.25) is 0 Å². The fraction of sp³-hybridized carbons (Fsp3) is 0.474. The molecular formula is C19H25N3O6. The van der Waals surface area contributed by atoms with Gasteiger partial charge in [-0.05, 0) is 25.0 Å². The molecule has 1 aromatic carbocycles. The molecule has 2 aromatic rings. The molecule has 1 heterocycles. The number of methoxy groups -OCH3 is 2. The van der Waals surface area contributed by atoms with Gasteiger partial charge in [-0.2, -0.15) is 0 Å². The molecule has 152 valence electrons. The van der Waals surface area contributed by atoms with Crippen molar-refractivity contribution >= 4 is 11.9 Å². The topological polar surface area (TPSA) is 113 Å². The van der Waals surface area contributed by atoms with Crippen molar-refractivity contribution in [3.63, 3.8) is 0 Å². The molecule has 0 radical (unpaired) electrons. The van der Waals surface area contributed by atoms with Gasteiger partial charge < -0.3 is 23.9 Å². The summed E-state index contributed by atoms with van der Waals surface area (Å²) >= 11 is 0. The molecule has 2 atom stereocenters. The summed E-state index contributed by atoms with van der Waals surface area (Å²) in [5, 5.41) is 10.3. The lowest BCUT2D eigenvalue weighted by molar-refractivity contribution is -0.153.